The van der Waals surface area contributed by atoms with Gasteiger partial charge in [0.25, 0.3) is 0 Å². The van der Waals surface area contributed by atoms with Crippen LogP contribution in [0, 0.1) is 0 Å². The lowest BCUT2D eigenvalue weighted by Gasteiger charge is -2.13. The molecule has 0 spiro atoms. The van der Waals surface area contributed by atoms with E-state index in [0.717, 1.165) is 11.3 Å². The maximum Gasteiger partial charge on any atom is 0.319 e. The van der Waals surface area contributed by atoms with Gasteiger partial charge in [-0.2, -0.15) is 4.37 Å². The molecule has 1 fully saturated rings. The molecule has 1 aromatic heterocycles. The number of aromatic nitrogens is 1. The number of hydrogen-bond donors (Lipinski definition) is 2. The van der Waals surface area contributed by atoms with E-state index in [0.29, 0.717) is 17.8 Å². The Morgan fingerprint density at radius 1 is 1.30 bits per heavy atom. The van der Waals surface area contributed by atoms with Crippen LogP contribution in [0.15, 0.2) is 36.4 Å². The normalized spacial score (nSPS) is 15.9. The quantitative estimate of drug-likeness (QED) is 0.866. The first-order valence-corrected chi connectivity index (χ1v) is 9.83. The molecule has 3 rings (SSSR count). The Bertz CT molecular complexity index is 812. The molecule has 1 saturated carbocycles. The van der Waals surface area contributed by atoms with Gasteiger partial charge < -0.3 is 5.32 Å². The van der Waals surface area contributed by atoms with E-state index in [-0.39, 0.29) is 6.54 Å². The van der Waals surface area contributed by atoms with Crippen LogP contribution in [-0.4, -0.2) is 36.4 Å². The van der Waals surface area contributed by atoms with Crippen LogP contribution in [-0.2, 0) is 9.84 Å². The van der Waals surface area contributed by atoms with Crippen LogP contribution in [0.5, 0.6) is 0 Å². The zero-order valence-electron chi connectivity index (χ0n) is 12.6. The molecular formula is C15H17N3O3S2. The SMILES string of the molecule is CS(=O)(=O)C1(CNC(=O)Nc2cc(-c3ccccc3)ns2)CC1. The number of carbonyl (C=O) groups is 1. The molecule has 0 atom stereocenters. The van der Waals surface area contributed by atoms with Gasteiger partial charge in [0.05, 0.1) is 10.4 Å². The molecular weight excluding hydrogens is 334 g/mol. The third-order valence-corrected chi connectivity index (χ3v) is 6.81. The summed E-state index contributed by atoms with van der Waals surface area (Å²) in [6.07, 6.45) is 2.42. The van der Waals surface area contributed by atoms with E-state index in [2.05, 4.69) is 15.0 Å². The van der Waals surface area contributed by atoms with Crippen LogP contribution in [0.4, 0.5) is 9.80 Å². The molecule has 1 aromatic carbocycles. The van der Waals surface area contributed by atoms with E-state index in [1.807, 2.05) is 30.3 Å². The first kappa shape index (κ1) is 15.9. The standard InChI is InChI=1S/C15H17N3O3S2/c1-23(20,21)15(7-8-15)10-16-14(19)17-13-9-12(18-22-13)11-5-3-2-4-6-11/h2-6,9H,7-8,10H2,1H3,(H2,16,17,19). The topological polar surface area (TPSA) is 88.2 Å². The van der Waals surface area contributed by atoms with Gasteiger partial charge in [-0.3, -0.25) is 5.32 Å². The van der Waals surface area contributed by atoms with Crippen molar-refractivity contribution in [1.82, 2.24) is 9.69 Å². The second-order valence-corrected chi connectivity index (χ2v) is 8.92. The highest BCUT2D eigenvalue weighted by Crippen LogP contribution is 2.42. The third-order valence-electron chi connectivity index (χ3n) is 3.98. The average Bonchev–Trinajstić information content (AvgIpc) is 3.19. The summed E-state index contributed by atoms with van der Waals surface area (Å²) < 4.78 is 26.9. The number of urea groups is 1. The van der Waals surface area contributed by atoms with Crippen molar-refractivity contribution in [3.8, 4) is 11.3 Å². The van der Waals surface area contributed by atoms with E-state index in [1.54, 1.807) is 6.07 Å². The second kappa shape index (κ2) is 5.93. The minimum absolute atomic E-state index is 0.141. The van der Waals surface area contributed by atoms with Gasteiger partial charge in [0.1, 0.15) is 5.00 Å². The molecule has 23 heavy (non-hydrogen) atoms. The lowest BCUT2D eigenvalue weighted by Crippen LogP contribution is -2.39. The number of anilines is 1. The van der Waals surface area contributed by atoms with Crippen LogP contribution in [0.1, 0.15) is 12.8 Å². The number of benzene rings is 1. The maximum absolute atomic E-state index is 11.9. The van der Waals surface area contributed by atoms with Crippen molar-refractivity contribution in [3.05, 3.63) is 36.4 Å². The van der Waals surface area contributed by atoms with Crippen LogP contribution in [0.2, 0.25) is 0 Å². The molecule has 0 unspecified atom stereocenters. The minimum Gasteiger partial charge on any atom is -0.336 e. The molecule has 1 heterocycles. The fourth-order valence-electron chi connectivity index (χ4n) is 2.29. The molecule has 122 valence electrons. The maximum atomic E-state index is 11.9. The van der Waals surface area contributed by atoms with E-state index >= 15 is 0 Å². The molecule has 0 bridgehead atoms. The Kier molecular flexibility index (Phi) is 4.11. The van der Waals surface area contributed by atoms with Crippen molar-refractivity contribution in [3.63, 3.8) is 0 Å². The Morgan fingerprint density at radius 3 is 2.61 bits per heavy atom. The van der Waals surface area contributed by atoms with Crippen LogP contribution < -0.4 is 10.6 Å². The Morgan fingerprint density at radius 2 is 2.00 bits per heavy atom. The molecule has 2 N–H and O–H groups in total. The summed E-state index contributed by atoms with van der Waals surface area (Å²) >= 11 is 1.19. The van der Waals surface area contributed by atoms with Gasteiger partial charge in [-0.1, -0.05) is 30.3 Å². The highest BCUT2D eigenvalue weighted by Gasteiger charge is 2.52. The fraction of sp³-hybridized carbons (Fsp3) is 0.333. The number of amides is 2. The number of carbonyl (C=O) groups excluding carboxylic acids is 1. The number of rotatable bonds is 5. The van der Waals surface area contributed by atoms with Gasteiger partial charge in [-0.25, -0.2) is 13.2 Å². The molecule has 2 aromatic rings. The zero-order valence-corrected chi connectivity index (χ0v) is 14.2. The lowest BCUT2D eigenvalue weighted by molar-refractivity contribution is 0.252. The van der Waals surface area contributed by atoms with Gasteiger partial charge in [-0.15, -0.1) is 0 Å². The zero-order chi connectivity index (χ0) is 16.5. The molecule has 1 aliphatic carbocycles. The molecule has 2 amide bonds. The monoisotopic (exact) mass is 351 g/mol. The number of sulfone groups is 1. The van der Waals surface area contributed by atoms with Crippen molar-refractivity contribution in [2.24, 2.45) is 0 Å². The Balaban J connectivity index is 1.58. The van der Waals surface area contributed by atoms with Crippen molar-refractivity contribution >= 4 is 32.4 Å². The van der Waals surface area contributed by atoms with E-state index < -0.39 is 20.6 Å². The molecule has 6 nitrogen and oxygen atoms in total. The first-order chi connectivity index (χ1) is 10.9. The largest absolute Gasteiger partial charge is 0.336 e. The van der Waals surface area contributed by atoms with E-state index in [4.69, 9.17) is 0 Å². The molecule has 8 heteroatoms. The molecule has 1 aliphatic rings. The predicted octanol–water partition coefficient (Wildman–Crippen LogP) is 2.51. The van der Waals surface area contributed by atoms with Crippen LogP contribution in [0.25, 0.3) is 11.3 Å². The lowest BCUT2D eigenvalue weighted by atomic mass is 10.2. The van der Waals surface area contributed by atoms with E-state index in [1.165, 1.54) is 17.8 Å². The molecule has 0 radical (unpaired) electrons. The van der Waals surface area contributed by atoms with E-state index in [9.17, 15) is 13.2 Å². The first-order valence-electron chi connectivity index (χ1n) is 7.16. The summed E-state index contributed by atoms with van der Waals surface area (Å²) in [7, 11) is -3.14. The van der Waals surface area contributed by atoms with Gasteiger partial charge >= 0.3 is 6.03 Å². The van der Waals surface area contributed by atoms with Crippen molar-refractivity contribution in [2.45, 2.75) is 17.6 Å². The summed E-state index contributed by atoms with van der Waals surface area (Å²) in [4.78, 5) is 11.9. The highest BCUT2D eigenvalue weighted by molar-refractivity contribution is 7.92. The number of hydrogen-bond acceptors (Lipinski definition) is 5. The summed E-state index contributed by atoms with van der Waals surface area (Å²) in [6.45, 7) is 0.141. The summed E-state index contributed by atoms with van der Waals surface area (Å²) in [5, 5.41) is 5.95. The van der Waals surface area contributed by atoms with Crippen molar-refractivity contribution in [1.29, 1.82) is 0 Å². The van der Waals surface area contributed by atoms with Gasteiger partial charge in [-0.05, 0) is 24.4 Å². The predicted molar refractivity (Wildman–Crippen MR) is 91.4 cm³/mol. The molecule has 0 aliphatic heterocycles. The Hall–Kier alpha value is -1.93. The Labute approximate surface area is 139 Å². The summed E-state index contributed by atoms with van der Waals surface area (Å²) in [6, 6.07) is 11.1. The molecule has 0 saturated heterocycles. The second-order valence-electron chi connectivity index (χ2n) is 5.71. The van der Waals surface area contributed by atoms with Gasteiger partial charge in [0.2, 0.25) is 0 Å². The van der Waals surface area contributed by atoms with Gasteiger partial charge in [0.15, 0.2) is 9.84 Å². The average molecular weight is 351 g/mol. The van der Waals surface area contributed by atoms with Gasteiger partial charge in [0, 0.05) is 24.4 Å². The highest BCUT2D eigenvalue weighted by atomic mass is 32.2. The summed E-state index contributed by atoms with van der Waals surface area (Å²) in [5.41, 5.74) is 1.77. The smallest absolute Gasteiger partial charge is 0.319 e. The fourth-order valence-corrected chi connectivity index (χ4v) is 4.13. The van der Waals surface area contributed by atoms with Crippen LogP contribution in [0.3, 0.4) is 0 Å². The van der Waals surface area contributed by atoms with Crippen LogP contribution >= 0.6 is 11.5 Å². The summed E-state index contributed by atoms with van der Waals surface area (Å²) in [5.74, 6) is 0. The third kappa shape index (κ3) is 3.53. The van der Waals surface area contributed by atoms with Crippen molar-refractivity contribution in [2.75, 3.05) is 18.1 Å². The minimum atomic E-state index is -3.14. The number of nitrogens with zero attached hydrogens (tertiary/aromatic N) is 1. The van der Waals surface area contributed by atoms with Crippen molar-refractivity contribution < 1.29 is 13.2 Å². The number of nitrogens with one attached hydrogen (secondary N) is 2.